The van der Waals surface area contributed by atoms with Crippen LogP contribution in [0.2, 0.25) is 0 Å². The molecular weight excluding hydrogens is 224 g/mol. The van der Waals surface area contributed by atoms with E-state index in [1.807, 2.05) is 6.92 Å². The molecule has 1 rings (SSSR count). The summed E-state index contributed by atoms with van der Waals surface area (Å²) in [6, 6.07) is 2.11. The van der Waals surface area contributed by atoms with Crippen LogP contribution in [0.1, 0.15) is 40.5 Å². The predicted octanol–water partition coefficient (Wildman–Crippen LogP) is 1.87. The Balaban J connectivity index is 3.23. The molecule has 5 nitrogen and oxygen atoms in total. The molecule has 0 aliphatic carbocycles. The van der Waals surface area contributed by atoms with Crippen molar-refractivity contribution in [3.63, 3.8) is 0 Å². The fourth-order valence-electron chi connectivity index (χ4n) is 1.44. The third kappa shape index (κ3) is 2.75. The molecule has 0 saturated carbocycles. The van der Waals surface area contributed by atoms with Crippen LogP contribution < -0.4 is 0 Å². The first-order valence-electron chi connectivity index (χ1n) is 5.18. The average molecular weight is 238 g/mol. The zero-order valence-corrected chi connectivity index (χ0v) is 9.69. The Hall–Kier alpha value is -2.04. The molecule has 5 heteroatoms. The topological polar surface area (TPSA) is 83.8 Å². The lowest BCUT2D eigenvalue weighted by Gasteiger charge is -2.07. The Morgan fingerprint density at radius 1 is 1.18 bits per heavy atom. The smallest absolute Gasteiger partial charge is 0.341 e. The summed E-state index contributed by atoms with van der Waals surface area (Å²) in [5.74, 6) is -1.79. The number of phenols is 2. The number of Topliss-reactive ketones (excluding diaryl/α,β-unsaturated/α-hetero) is 1. The molecule has 0 aromatic heterocycles. The van der Waals surface area contributed by atoms with Crippen molar-refractivity contribution < 1.29 is 24.5 Å². The van der Waals surface area contributed by atoms with E-state index in [0.717, 1.165) is 12.1 Å². The first-order chi connectivity index (χ1) is 8.01. The number of benzene rings is 1. The summed E-state index contributed by atoms with van der Waals surface area (Å²) in [4.78, 5) is 22.9. The Bertz CT molecular complexity index is 450. The number of hydrogen-bond acceptors (Lipinski definition) is 5. The van der Waals surface area contributed by atoms with Gasteiger partial charge in [-0.3, -0.25) is 4.79 Å². The number of esters is 1. The molecule has 0 heterocycles. The van der Waals surface area contributed by atoms with Gasteiger partial charge in [0.25, 0.3) is 0 Å². The first kappa shape index (κ1) is 13.0. The highest BCUT2D eigenvalue weighted by Crippen LogP contribution is 2.29. The second-order valence-corrected chi connectivity index (χ2v) is 3.55. The van der Waals surface area contributed by atoms with Gasteiger partial charge < -0.3 is 14.9 Å². The third-order valence-electron chi connectivity index (χ3n) is 2.30. The van der Waals surface area contributed by atoms with Gasteiger partial charge in [-0.1, -0.05) is 6.92 Å². The number of methoxy groups -OCH3 is 1. The highest BCUT2D eigenvalue weighted by atomic mass is 16.5. The maximum absolute atomic E-state index is 11.6. The molecule has 0 aliphatic rings. The maximum atomic E-state index is 11.6. The van der Waals surface area contributed by atoms with Crippen molar-refractivity contribution >= 4 is 11.8 Å². The van der Waals surface area contributed by atoms with Gasteiger partial charge in [-0.05, 0) is 12.5 Å². The highest BCUT2D eigenvalue weighted by molar-refractivity contribution is 6.02. The summed E-state index contributed by atoms with van der Waals surface area (Å²) in [6.07, 6.45) is 0.894. The molecule has 92 valence electrons. The summed E-state index contributed by atoms with van der Waals surface area (Å²) in [6.45, 7) is 1.83. The normalized spacial score (nSPS) is 10.0. The molecule has 1 aromatic carbocycles. The summed E-state index contributed by atoms with van der Waals surface area (Å²) in [5.41, 5.74) is -0.116. The van der Waals surface area contributed by atoms with Gasteiger partial charge in [0.1, 0.15) is 17.1 Å². The Morgan fingerprint density at radius 3 is 2.29 bits per heavy atom. The SMILES string of the molecule is CCCC(=O)c1cc(C(=O)OC)c(O)cc1O. The number of ketones is 1. The second kappa shape index (κ2) is 5.34. The quantitative estimate of drug-likeness (QED) is 0.618. The number of rotatable bonds is 4. The minimum atomic E-state index is -0.756. The van der Waals surface area contributed by atoms with E-state index in [2.05, 4.69) is 4.74 Å². The van der Waals surface area contributed by atoms with Gasteiger partial charge in [0, 0.05) is 12.5 Å². The zero-order valence-electron chi connectivity index (χ0n) is 9.69. The molecule has 1 aromatic rings. The van der Waals surface area contributed by atoms with E-state index in [9.17, 15) is 19.8 Å². The van der Waals surface area contributed by atoms with E-state index >= 15 is 0 Å². The van der Waals surface area contributed by atoms with Crippen molar-refractivity contribution in [1.29, 1.82) is 0 Å². The molecule has 2 N–H and O–H groups in total. The van der Waals surface area contributed by atoms with E-state index in [1.54, 1.807) is 0 Å². The molecule has 0 bridgehead atoms. The van der Waals surface area contributed by atoms with Crippen LogP contribution in [0.5, 0.6) is 11.5 Å². The van der Waals surface area contributed by atoms with E-state index in [1.165, 1.54) is 7.11 Å². The summed E-state index contributed by atoms with van der Waals surface area (Å²) >= 11 is 0. The minimum Gasteiger partial charge on any atom is -0.507 e. The van der Waals surface area contributed by atoms with Gasteiger partial charge in [-0.25, -0.2) is 4.79 Å². The minimum absolute atomic E-state index is 0.0186. The zero-order chi connectivity index (χ0) is 13.0. The molecule has 0 amide bonds. The van der Waals surface area contributed by atoms with Crippen LogP contribution in [0, 0.1) is 0 Å². The lowest BCUT2D eigenvalue weighted by Crippen LogP contribution is -2.05. The van der Waals surface area contributed by atoms with Gasteiger partial charge in [0.2, 0.25) is 0 Å². The van der Waals surface area contributed by atoms with Crippen molar-refractivity contribution in [3.8, 4) is 11.5 Å². The molecule has 0 fully saturated rings. The largest absolute Gasteiger partial charge is 0.507 e. The fourth-order valence-corrected chi connectivity index (χ4v) is 1.44. The van der Waals surface area contributed by atoms with E-state index in [4.69, 9.17) is 0 Å². The van der Waals surface area contributed by atoms with Crippen molar-refractivity contribution in [2.75, 3.05) is 7.11 Å². The monoisotopic (exact) mass is 238 g/mol. The lowest BCUT2D eigenvalue weighted by molar-refractivity contribution is 0.0597. The molecule has 0 radical (unpaired) electrons. The molecule has 17 heavy (non-hydrogen) atoms. The van der Waals surface area contributed by atoms with Crippen LogP contribution >= 0.6 is 0 Å². The number of carbonyl (C=O) groups is 2. The summed E-state index contributed by atoms with van der Waals surface area (Å²) in [7, 11) is 1.17. The molecule has 0 atom stereocenters. The average Bonchev–Trinajstić information content (AvgIpc) is 2.28. The van der Waals surface area contributed by atoms with Crippen LogP contribution in [-0.4, -0.2) is 29.1 Å². The Kier molecular flexibility index (Phi) is 4.09. The van der Waals surface area contributed by atoms with Crippen molar-refractivity contribution in [2.45, 2.75) is 19.8 Å². The molecule has 0 saturated heterocycles. The Morgan fingerprint density at radius 2 is 1.76 bits per heavy atom. The van der Waals surface area contributed by atoms with Crippen LogP contribution in [0.15, 0.2) is 12.1 Å². The van der Waals surface area contributed by atoms with Gasteiger partial charge in [-0.2, -0.15) is 0 Å². The highest BCUT2D eigenvalue weighted by Gasteiger charge is 2.18. The van der Waals surface area contributed by atoms with Crippen molar-refractivity contribution in [1.82, 2.24) is 0 Å². The van der Waals surface area contributed by atoms with Crippen LogP contribution in [0.4, 0.5) is 0 Å². The first-order valence-corrected chi connectivity index (χ1v) is 5.18. The number of carbonyl (C=O) groups excluding carboxylic acids is 2. The standard InChI is InChI=1S/C12H14O5/c1-3-4-9(13)7-5-8(12(16)17-2)11(15)6-10(7)14/h5-6,14-15H,3-4H2,1-2H3. The van der Waals surface area contributed by atoms with Gasteiger partial charge in [0.15, 0.2) is 5.78 Å². The van der Waals surface area contributed by atoms with Crippen molar-refractivity contribution in [2.24, 2.45) is 0 Å². The van der Waals surface area contributed by atoms with E-state index in [0.29, 0.717) is 6.42 Å². The van der Waals surface area contributed by atoms with Gasteiger partial charge >= 0.3 is 5.97 Å². The molecule has 0 unspecified atom stereocenters. The number of hydrogen-bond donors (Lipinski definition) is 2. The lowest BCUT2D eigenvalue weighted by atomic mass is 10.0. The Labute approximate surface area is 98.6 Å². The van der Waals surface area contributed by atoms with Crippen LogP contribution in [-0.2, 0) is 4.74 Å². The third-order valence-corrected chi connectivity index (χ3v) is 2.30. The second-order valence-electron chi connectivity index (χ2n) is 3.55. The molecule has 0 spiro atoms. The fraction of sp³-hybridized carbons (Fsp3) is 0.333. The van der Waals surface area contributed by atoms with E-state index in [-0.39, 0.29) is 29.1 Å². The number of ether oxygens (including phenoxy) is 1. The summed E-state index contributed by atoms with van der Waals surface area (Å²) < 4.78 is 4.46. The predicted molar refractivity (Wildman–Crippen MR) is 60.3 cm³/mol. The van der Waals surface area contributed by atoms with Gasteiger partial charge in [-0.15, -0.1) is 0 Å². The number of aromatic hydroxyl groups is 2. The van der Waals surface area contributed by atoms with Crippen LogP contribution in [0.25, 0.3) is 0 Å². The van der Waals surface area contributed by atoms with E-state index < -0.39 is 11.7 Å². The summed E-state index contributed by atoms with van der Waals surface area (Å²) in [5, 5.41) is 19.0. The number of phenolic OH excluding ortho intramolecular Hbond substituents is 2. The maximum Gasteiger partial charge on any atom is 0.341 e. The van der Waals surface area contributed by atoms with Crippen molar-refractivity contribution in [3.05, 3.63) is 23.3 Å². The van der Waals surface area contributed by atoms with Gasteiger partial charge in [0.05, 0.1) is 12.7 Å². The molecular formula is C12H14O5. The molecule has 0 aliphatic heterocycles. The van der Waals surface area contributed by atoms with Crippen LogP contribution in [0.3, 0.4) is 0 Å².